The van der Waals surface area contributed by atoms with Crippen molar-refractivity contribution in [2.45, 2.75) is 6.54 Å². The Morgan fingerprint density at radius 1 is 1.24 bits per heavy atom. The van der Waals surface area contributed by atoms with Gasteiger partial charge in [-0.3, -0.25) is 4.79 Å². The molecule has 1 N–H and O–H groups in total. The number of hydrogen-bond acceptors (Lipinski definition) is 3. The average Bonchev–Trinajstić information content (AvgIpc) is 2.94. The Kier molecular flexibility index (Phi) is 5.09. The summed E-state index contributed by atoms with van der Waals surface area (Å²) >= 11 is 0. The maximum Gasteiger partial charge on any atom is 0.240 e. The first-order valence-corrected chi connectivity index (χ1v) is 8.16. The lowest BCUT2D eigenvalue weighted by molar-refractivity contribution is -0.121. The van der Waals surface area contributed by atoms with Crippen molar-refractivity contribution in [3.8, 4) is 11.3 Å². The van der Waals surface area contributed by atoms with Crippen LogP contribution in [0.5, 0.6) is 0 Å². The van der Waals surface area contributed by atoms with Gasteiger partial charge in [-0.05, 0) is 62.1 Å². The van der Waals surface area contributed by atoms with Crippen LogP contribution in [0, 0.1) is 5.82 Å². The van der Waals surface area contributed by atoms with Crippen LogP contribution in [0.2, 0.25) is 0 Å². The quantitative estimate of drug-likeness (QED) is 0.750. The zero-order valence-corrected chi connectivity index (χ0v) is 14.4. The molecule has 130 valence electrons. The summed E-state index contributed by atoms with van der Waals surface area (Å²) in [6.45, 7) is 1.53. The van der Waals surface area contributed by atoms with Crippen molar-refractivity contribution in [1.29, 1.82) is 0 Å². The molecule has 0 radical (unpaired) electrons. The number of carbonyl (C=O) groups excluding carboxylic acids is 1. The number of benzene rings is 1. The molecule has 3 aromatic rings. The Morgan fingerprint density at radius 3 is 2.72 bits per heavy atom. The molecule has 0 aliphatic heterocycles. The van der Waals surface area contributed by atoms with E-state index in [-0.39, 0.29) is 18.3 Å². The Morgan fingerprint density at radius 2 is 2.00 bits per heavy atom. The molecule has 25 heavy (non-hydrogen) atoms. The zero-order chi connectivity index (χ0) is 17.8. The van der Waals surface area contributed by atoms with Gasteiger partial charge in [-0.2, -0.15) is 0 Å². The summed E-state index contributed by atoms with van der Waals surface area (Å²) in [4.78, 5) is 18.8. The highest BCUT2D eigenvalue weighted by Gasteiger charge is 2.14. The van der Waals surface area contributed by atoms with E-state index in [4.69, 9.17) is 0 Å². The lowest BCUT2D eigenvalue weighted by Gasteiger charge is -2.13. The fourth-order valence-corrected chi connectivity index (χ4v) is 2.73. The summed E-state index contributed by atoms with van der Waals surface area (Å²) in [6, 6.07) is 12.1. The van der Waals surface area contributed by atoms with Crippen LogP contribution in [0.25, 0.3) is 22.3 Å². The minimum Gasteiger partial charge on any atom is -0.353 e. The van der Waals surface area contributed by atoms with Gasteiger partial charge >= 0.3 is 0 Å². The SMILES string of the molecule is CN(C)CCNC(=O)Cn1c(-c2ccc(F)cc2)cc2cccnc21. The van der Waals surface area contributed by atoms with E-state index in [0.29, 0.717) is 6.54 Å². The van der Waals surface area contributed by atoms with E-state index < -0.39 is 0 Å². The third kappa shape index (κ3) is 4.03. The Bertz CT molecular complexity index is 871. The number of nitrogens with zero attached hydrogens (tertiary/aromatic N) is 3. The number of aromatic nitrogens is 2. The van der Waals surface area contributed by atoms with Gasteiger partial charge in [-0.15, -0.1) is 0 Å². The predicted octanol–water partition coefficient (Wildman–Crippen LogP) is 2.52. The standard InChI is InChI=1S/C19H21FN4O/c1-23(2)11-10-21-18(25)13-24-17(14-5-7-16(20)8-6-14)12-15-4-3-9-22-19(15)24/h3-9,12H,10-11,13H2,1-2H3,(H,21,25). The minimum atomic E-state index is -0.286. The fourth-order valence-electron chi connectivity index (χ4n) is 2.73. The summed E-state index contributed by atoms with van der Waals surface area (Å²) in [7, 11) is 3.92. The van der Waals surface area contributed by atoms with Crippen molar-refractivity contribution in [3.05, 3.63) is 54.5 Å². The Labute approximate surface area is 146 Å². The maximum atomic E-state index is 13.2. The molecule has 3 rings (SSSR count). The molecular formula is C19H21FN4O. The first-order valence-electron chi connectivity index (χ1n) is 8.16. The van der Waals surface area contributed by atoms with Gasteiger partial charge in [0.2, 0.25) is 5.91 Å². The Balaban J connectivity index is 1.91. The number of carbonyl (C=O) groups is 1. The summed E-state index contributed by atoms with van der Waals surface area (Å²) in [5, 5.41) is 3.86. The van der Waals surface area contributed by atoms with Crippen molar-refractivity contribution in [3.63, 3.8) is 0 Å². The van der Waals surface area contributed by atoms with Crippen LogP contribution in [0.1, 0.15) is 0 Å². The van der Waals surface area contributed by atoms with Crippen LogP contribution >= 0.6 is 0 Å². The third-order valence-corrected chi connectivity index (χ3v) is 3.98. The zero-order valence-electron chi connectivity index (χ0n) is 14.4. The second-order valence-electron chi connectivity index (χ2n) is 6.19. The molecule has 0 saturated heterocycles. The van der Waals surface area contributed by atoms with Gasteiger partial charge in [-0.25, -0.2) is 9.37 Å². The van der Waals surface area contributed by atoms with Crippen LogP contribution in [-0.4, -0.2) is 47.5 Å². The maximum absolute atomic E-state index is 13.2. The number of likely N-dealkylation sites (N-methyl/N-ethyl adjacent to an activating group) is 1. The van der Waals surface area contributed by atoms with Crippen molar-refractivity contribution >= 4 is 16.9 Å². The van der Waals surface area contributed by atoms with Crippen LogP contribution in [-0.2, 0) is 11.3 Å². The molecule has 0 bridgehead atoms. The number of pyridine rings is 1. The smallest absolute Gasteiger partial charge is 0.240 e. The largest absolute Gasteiger partial charge is 0.353 e. The van der Waals surface area contributed by atoms with E-state index in [9.17, 15) is 9.18 Å². The number of hydrogen-bond donors (Lipinski definition) is 1. The molecule has 2 aromatic heterocycles. The van der Waals surface area contributed by atoms with E-state index in [2.05, 4.69) is 10.3 Å². The molecule has 2 heterocycles. The molecule has 0 saturated carbocycles. The van der Waals surface area contributed by atoms with Gasteiger partial charge in [-0.1, -0.05) is 0 Å². The molecule has 0 aliphatic carbocycles. The minimum absolute atomic E-state index is 0.0756. The molecule has 1 aromatic carbocycles. The molecule has 0 aliphatic rings. The second-order valence-corrected chi connectivity index (χ2v) is 6.19. The highest BCUT2D eigenvalue weighted by atomic mass is 19.1. The molecule has 6 heteroatoms. The van der Waals surface area contributed by atoms with Crippen molar-refractivity contribution < 1.29 is 9.18 Å². The van der Waals surface area contributed by atoms with Crippen molar-refractivity contribution in [2.75, 3.05) is 27.2 Å². The average molecular weight is 340 g/mol. The normalized spacial score (nSPS) is 11.2. The molecule has 0 atom stereocenters. The van der Waals surface area contributed by atoms with E-state index in [0.717, 1.165) is 28.8 Å². The molecule has 0 spiro atoms. The summed E-state index contributed by atoms with van der Waals surface area (Å²) in [5.41, 5.74) is 2.43. The van der Waals surface area contributed by atoms with Crippen LogP contribution in [0.15, 0.2) is 48.7 Å². The van der Waals surface area contributed by atoms with Gasteiger partial charge in [0.15, 0.2) is 0 Å². The van der Waals surface area contributed by atoms with E-state index in [1.807, 2.05) is 41.8 Å². The predicted molar refractivity (Wildman–Crippen MR) is 96.7 cm³/mol. The second kappa shape index (κ2) is 7.44. The molecule has 0 unspecified atom stereocenters. The van der Waals surface area contributed by atoms with Gasteiger partial charge < -0.3 is 14.8 Å². The Hall–Kier alpha value is -2.73. The van der Waals surface area contributed by atoms with Crippen molar-refractivity contribution in [1.82, 2.24) is 19.8 Å². The number of fused-ring (bicyclic) bond motifs is 1. The van der Waals surface area contributed by atoms with E-state index in [1.54, 1.807) is 18.3 Å². The fraction of sp³-hybridized carbons (Fsp3) is 0.263. The van der Waals surface area contributed by atoms with E-state index >= 15 is 0 Å². The number of nitrogens with one attached hydrogen (secondary N) is 1. The molecule has 5 nitrogen and oxygen atoms in total. The first-order chi connectivity index (χ1) is 12.0. The lowest BCUT2D eigenvalue weighted by atomic mass is 10.1. The summed E-state index contributed by atoms with van der Waals surface area (Å²) < 4.78 is 15.1. The first kappa shape index (κ1) is 17.1. The van der Waals surface area contributed by atoms with Gasteiger partial charge in [0.25, 0.3) is 0 Å². The topological polar surface area (TPSA) is 50.2 Å². The lowest BCUT2D eigenvalue weighted by Crippen LogP contribution is -2.33. The monoisotopic (exact) mass is 340 g/mol. The van der Waals surface area contributed by atoms with Crippen molar-refractivity contribution in [2.24, 2.45) is 0 Å². The summed E-state index contributed by atoms with van der Waals surface area (Å²) in [5.74, 6) is -0.362. The third-order valence-electron chi connectivity index (χ3n) is 3.98. The number of rotatable bonds is 6. The van der Waals surface area contributed by atoms with Crippen LogP contribution < -0.4 is 5.32 Å². The summed E-state index contributed by atoms with van der Waals surface area (Å²) in [6.07, 6.45) is 1.71. The molecular weight excluding hydrogens is 319 g/mol. The molecule has 0 fully saturated rings. The highest BCUT2D eigenvalue weighted by molar-refractivity contribution is 5.87. The molecule has 1 amide bonds. The number of halogens is 1. The van der Waals surface area contributed by atoms with Gasteiger partial charge in [0.1, 0.15) is 18.0 Å². The van der Waals surface area contributed by atoms with Crippen LogP contribution in [0.3, 0.4) is 0 Å². The van der Waals surface area contributed by atoms with Gasteiger partial charge in [0, 0.05) is 24.7 Å². The van der Waals surface area contributed by atoms with Gasteiger partial charge in [0.05, 0.1) is 5.69 Å². The van der Waals surface area contributed by atoms with Crippen LogP contribution in [0.4, 0.5) is 4.39 Å². The van der Waals surface area contributed by atoms with E-state index in [1.165, 1.54) is 12.1 Å². The number of amides is 1. The highest BCUT2D eigenvalue weighted by Crippen LogP contribution is 2.27.